The molecule has 2 atom stereocenters. The number of aromatic nitrogens is 6. The Labute approximate surface area is 219 Å². The fourth-order valence-electron chi connectivity index (χ4n) is 5.23. The summed E-state index contributed by atoms with van der Waals surface area (Å²) in [5.74, 6) is -1.97. The van der Waals surface area contributed by atoms with Gasteiger partial charge < -0.3 is 15.6 Å². The van der Waals surface area contributed by atoms with Crippen molar-refractivity contribution in [3.8, 4) is 16.9 Å². The van der Waals surface area contributed by atoms with Crippen LogP contribution in [0.2, 0.25) is 5.02 Å². The van der Waals surface area contributed by atoms with Crippen molar-refractivity contribution in [3.63, 3.8) is 0 Å². The van der Waals surface area contributed by atoms with Crippen LogP contribution in [0, 0.1) is 11.6 Å². The first-order chi connectivity index (χ1) is 18.3. The number of carbonyl (C=O) groups excluding carboxylic acids is 2. The highest BCUT2D eigenvalue weighted by Crippen LogP contribution is 2.44. The number of hydrogen-bond acceptors (Lipinski definition) is 6. The molecule has 2 aliphatic heterocycles. The Hall–Kier alpha value is -4.45. The molecule has 38 heavy (non-hydrogen) atoms. The van der Waals surface area contributed by atoms with Gasteiger partial charge in [0, 0.05) is 29.4 Å². The quantitative estimate of drug-likeness (QED) is 0.400. The summed E-state index contributed by atoms with van der Waals surface area (Å²) in [6.45, 7) is 0. The summed E-state index contributed by atoms with van der Waals surface area (Å²) < 4.78 is 30.9. The lowest BCUT2D eigenvalue weighted by Crippen LogP contribution is -2.39. The van der Waals surface area contributed by atoms with E-state index >= 15 is 4.39 Å². The van der Waals surface area contributed by atoms with Gasteiger partial charge in [-0.05, 0) is 59.5 Å². The van der Waals surface area contributed by atoms with Crippen molar-refractivity contribution >= 4 is 29.0 Å². The van der Waals surface area contributed by atoms with Crippen LogP contribution in [-0.4, -0.2) is 52.9 Å². The molecule has 2 amide bonds. The normalized spacial score (nSPS) is 19.0. The predicted molar refractivity (Wildman–Crippen MR) is 132 cm³/mol. The molecule has 0 saturated carbocycles. The Bertz CT molecular complexity index is 1620. The summed E-state index contributed by atoms with van der Waals surface area (Å²) in [6.07, 6.45) is 6.10. The van der Waals surface area contributed by atoms with Gasteiger partial charge >= 0.3 is 0 Å². The molecular weight excluding hydrogens is 518 g/mol. The second kappa shape index (κ2) is 9.14. The zero-order valence-corrected chi connectivity index (χ0v) is 20.4. The minimum atomic E-state index is -0.854. The van der Waals surface area contributed by atoms with Gasteiger partial charge in [0.1, 0.15) is 18.0 Å². The van der Waals surface area contributed by atoms with Gasteiger partial charge in [0.25, 0.3) is 5.91 Å². The van der Waals surface area contributed by atoms with E-state index in [-0.39, 0.29) is 34.1 Å². The first-order valence-electron chi connectivity index (χ1n) is 11.7. The number of benzene rings is 2. The van der Waals surface area contributed by atoms with Crippen molar-refractivity contribution in [2.45, 2.75) is 31.3 Å². The topological polar surface area (TPSA) is 136 Å². The van der Waals surface area contributed by atoms with Gasteiger partial charge in [0.05, 0.1) is 28.0 Å². The van der Waals surface area contributed by atoms with Gasteiger partial charge in [0.2, 0.25) is 5.91 Å². The summed E-state index contributed by atoms with van der Waals surface area (Å²) in [7, 11) is 0. The van der Waals surface area contributed by atoms with E-state index < -0.39 is 17.5 Å². The third-order valence-corrected chi connectivity index (χ3v) is 7.24. The lowest BCUT2D eigenvalue weighted by atomic mass is 9.92. The third-order valence-electron chi connectivity index (χ3n) is 6.94. The monoisotopic (exact) mass is 536 g/mol. The molecule has 4 heterocycles. The standard InChI is InChI=1S/C25H19ClF2N8O2/c26-16-4-6-19(35-11-31-33-34-35)22(23(16)28)13-7-14-2-5-20(36(14)21(37)9-13)25-30-10-18(32-25)12-1-3-15(24(29)38)17(27)8-12/h1,3-4,6,8-11,14,20H,2,5,7H2,(H2,29,38)(H,30,32)/t14-,20-/m0/s1. The van der Waals surface area contributed by atoms with Crippen molar-refractivity contribution in [1.82, 2.24) is 35.1 Å². The Kier molecular flexibility index (Phi) is 5.75. The van der Waals surface area contributed by atoms with Crippen molar-refractivity contribution in [1.29, 1.82) is 0 Å². The van der Waals surface area contributed by atoms with Gasteiger partial charge in [0.15, 0.2) is 5.82 Å². The molecule has 13 heteroatoms. The number of tetrazole rings is 1. The molecule has 0 spiro atoms. The highest BCUT2D eigenvalue weighted by Gasteiger charge is 2.42. The van der Waals surface area contributed by atoms with Crippen molar-refractivity contribution in [3.05, 3.63) is 82.5 Å². The van der Waals surface area contributed by atoms with Gasteiger partial charge in [-0.2, -0.15) is 4.68 Å². The van der Waals surface area contributed by atoms with Crippen LogP contribution in [0.4, 0.5) is 8.78 Å². The smallest absolute Gasteiger partial charge is 0.251 e. The molecule has 2 aliphatic rings. The van der Waals surface area contributed by atoms with Crippen LogP contribution in [0.5, 0.6) is 0 Å². The first-order valence-corrected chi connectivity index (χ1v) is 12.1. The molecule has 10 nitrogen and oxygen atoms in total. The number of imidazole rings is 1. The number of primary amides is 1. The number of H-pyrrole nitrogens is 1. The first kappa shape index (κ1) is 23.9. The maximum Gasteiger partial charge on any atom is 0.251 e. The van der Waals surface area contributed by atoms with Crippen molar-refractivity contribution < 1.29 is 18.4 Å². The molecule has 192 valence electrons. The minimum absolute atomic E-state index is 0.0692. The largest absolute Gasteiger partial charge is 0.366 e. The number of nitrogens with two attached hydrogens (primary N) is 1. The molecule has 6 rings (SSSR count). The summed E-state index contributed by atoms with van der Waals surface area (Å²) in [4.78, 5) is 34.1. The van der Waals surface area contributed by atoms with E-state index in [9.17, 15) is 14.0 Å². The molecule has 0 unspecified atom stereocenters. The SMILES string of the molecule is NC(=O)c1ccc(-c2c[nH]c([C@@H]3CC[C@H]4CC(c5c(-n6cnnn6)ccc(Cl)c5F)=CC(=O)N43)n2)cc1F. The number of rotatable bonds is 5. The predicted octanol–water partition coefficient (Wildman–Crippen LogP) is 3.60. The maximum absolute atomic E-state index is 15.3. The second-order valence-electron chi connectivity index (χ2n) is 9.11. The Morgan fingerprint density at radius 2 is 2.03 bits per heavy atom. The molecule has 2 aromatic carbocycles. The maximum atomic E-state index is 15.3. The number of amides is 2. The van der Waals surface area contributed by atoms with Gasteiger partial charge in [-0.15, -0.1) is 5.10 Å². The van der Waals surface area contributed by atoms with Crippen LogP contribution >= 0.6 is 11.6 Å². The number of carbonyl (C=O) groups is 2. The molecule has 1 fully saturated rings. The lowest BCUT2D eigenvalue weighted by molar-refractivity contribution is -0.129. The van der Waals surface area contributed by atoms with Crippen molar-refractivity contribution in [2.24, 2.45) is 5.73 Å². The zero-order chi connectivity index (χ0) is 26.6. The van der Waals surface area contributed by atoms with E-state index in [1.807, 2.05) is 0 Å². The Morgan fingerprint density at radius 3 is 2.76 bits per heavy atom. The van der Waals surface area contributed by atoms with E-state index in [1.54, 1.807) is 23.2 Å². The molecule has 3 N–H and O–H groups in total. The molecule has 0 aliphatic carbocycles. The highest BCUT2D eigenvalue weighted by molar-refractivity contribution is 6.31. The van der Waals surface area contributed by atoms with Crippen LogP contribution in [0.25, 0.3) is 22.5 Å². The summed E-state index contributed by atoms with van der Waals surface area (Å²) >= 11 is 6.09. The third kappa shape index (κ3) is 3.93. The Balaban J connectivity index is 1.30. The summed E-state index contributed by atoms with van der Waals surface area (Å²) in [5.41, 5.74) is 6.97. The fraction of sp³-hybridized carbons (Fsp3) is 0.200. The summed E-state index contributed by atoms with van der Waals surface area (Å²) in [6, 6.07) is 6.57. The number of nitrogens with one attached hydrogen (secondary N) is 1. The van der Waals surface area contributed by atoms with Gasteiger partial charge in [-0.3, -0.25) is 9.59 Å². The number of nitrogens with zero attached hydrogens (tertiary/aromatic N) is 6. The average molecular weight is 537 g/mol. The Morgan fingerprint density at radius 1 is 1.18 bits per heavy atom. The van der Waals surface area contributed by atoms with Gasteiger partial charge in [-0.1, -0.05) is 17.7 Å². The average Bonchev–Trinajstić information content (AvgIpc) is 3.66. The van der Waals surface area contributed by atoms with Gasteiger partial charge in [-0.25, -0.2) is 13.8 Å². The number of aromatic amines is 1. The molecule has 4 aromatic rings. The van der Waals surface area contributed by atoms with Crippen LogP contribution < -0.4 is 5.73 Å². The second-order valence-corrected chi connectivity index (χ2v) is 9.51. The minimum Gasteiger partial charge on any atom is -0.366 e. The van der Waals surface area contributed by atoms with Crippen LogP contribution in [0.1, 0.15) is 47.1 Å². The number of fused-ring (bicyclic) bond motifs is 1. The van der Waals surface area contributed by atoms with Crippen molar-refractivity contribution in [2.75, 3.05) is 0 Å². The van der Waals surface area contributed by atoms with E-state index in [0.29, 0.717) is 47.6 Å². The number of halogens is 3. The summed E-state index contributed by atoms with van der Waals surface area (Å²) in [5, 5.41) is 11.0. The molecule has 1 saturated heterocycles. The zero-order valence-electron chi connectivity index (χ0n) is 19.6. The fourth-order valence-corrected chi connectivity index (χ4v) is 5.39. The highest BCUT2D eigenvalue weighted by atomic mass is 35.5. The van der Waals surface area contributed by atoms with Crippen LogP contribution in [0.3, 0.4) is 0 Å². The van der Waals surface area contributed by atoms with E-state index in [4.69, 9.17) is 17.3 Å². The van der Waals surface area contributed by atoms with Crippen LogP contribution in [-0.2, 0) is 4.79 Å². The van der Waals surface area contributed by atoms with E-state index in [2.05, 4.69) is 25.5 Å². The molecule has 0 radical (unpaired) electrons. The number of hydrogen-bond donors (Lipinski definition) is 2. The van der Waals surface area contributed by atoms with Crippen LogP contribution in [0.15, 0.2) is 48.9 Å². The van der Waals surface area contributed by atoms with E-state index in [1.165, 1.54) is 35.3 Å². The molecular formula is C25H19ClF2N8O2. The van der Waals surface area contributed by atoms with E-state index in [0.717, 1.165) is 0 Å². The lowest BCUT2D eigenvalue weighted by Gasteiger charge is -2.33. The molecule has 2 aromatic heterocycles. The molecule has 0 bridgehead atoms.